The molecule has 0 saturated carbocycles. The first-order chi connectivity index (χ1) is 15.8. The summed E-state index contributed by atoms with van der Waals surface area (Å²) in [6, 6.07) is 10.00. The SMILES string of the molecule is COCCNC(=O)/C(C#N)=C/c1ccc(OC(=O)COc2cc(C)c(Cl)c(C)c2)c(OC)c1. The standard InChI is InChI=1S/C24H25ClN2O6/c1-15-9-19(10-16(2)23(15)25)32-14-22(28)33-20-6-5-17(12-21(20)31-4)11-18(13-26)24(29)27-7-8-30-3/h5-6,9-12H,7-8,14H2,1-4H3,(H,27,29)/b18-11+. The molecule has 33 heavy (non-hydrogen) atoms. The van der Waals surface area contributed by atoms with E-state index >= 15 is 0 Å². The minimum absolute atomic E-state index is 0.0835. The predicted molar refractivity (Wildman–Crippen MR) is 124 cm³/mol. The molecule has 0 fully saturated rings. The fourth-order valence-corrected chi connectivity index (χ4v) is 2.93. The zero-order valence-electron chi connectivity index (χ0n) is 18.9. The first kappa shape index (κ1) is 25.7. The Hall–Kier alpha value is -3.54. The van der Waals surface area contributed by atoms with E-state index in [0.29, 0.717) is 22.9 Å². The van der Waals surface area contributed by atoms with Gasteiger partial charge in [0.25, 0.3) is 5.91 Å². The molecule has 2 aromatic rings. The lowest BCUT2D eigenvalue weighted by molar-refractivity contribution is -0.136. The second kappa shape index (κ2) is 12.5. The van der Waals surface area contributed by atoms with Gasteiger partial charge in [0, 0.05) is 18.7 Å². The maximum atomic E-state index is 12.3. The summed E-state index contributed by atoms with van der Waals surface area (Å²) in [6.45, 7) is 4.00. The molecule has 0 spiro atoms. The van der Waals surface area contributed by atoms with Crippen molar-refractivity contribution in [3.05, 3.63) is 57.6 Å². The van der Waals surface area contributed by atoms with Crippen LogP contribution < -0.4 is 19.5 Å². The van der Waals surface area contributed by atoms with Crippen LogP contribution in [0, 0.1) is 25.2 Å². The lowest BCUT2D eigenvalue weighted by Gasteiger charge is -2.12. The fourth-order valence-electron chi connectivity index (χ4n) is 2.82. The maximum Gasteiger partial charge on any atom is 0.349 e. The summed E-state index contributed by atoms with van der Waals surface area (Å²) in [5.74, 6) is -0.209. The molecule has 0 saturated heterocycles. The van der Waals surface area contributed by atoms with Gasteiger partial charge in [0.2, 0.25) is 0 Å². The lowest BCUT2D eigenvalue weighted by Crippen LogP contribution is -2.27. The van der Waals surface area contributed by atoms with Crippen molar-refractivity contribution in [2.24, 2.45) is 0 Å². The number of hydrogen-bond donors (Lipinski definition) is 1. The van der Waals surface area contributed by atoms with Gasteiger partial charge in [-0.05, 0) is 60.9 Å². The van der Waals surface area contributed by atoms with Crippen LogP contribution in [0.3, 0.4) is 0 Å². The smallest absolute Gasteiger partial charge is 0.349 e. The van der Waals surface area contributed by atoms with E-state index in [1.54, 1.807) is 24.3 Å². The predicted octanol–water partition coefficient (Wildman–Crippen LogP) is 3.62. The Balaban J connectivity index is 2.07. The third kappa shape index (κ3) is 7.52. The number of nitrogens with zero attached hydrogens (tertiary/aromatic N) is 1. The molecular formula is C24H25ClN2O6. The van der Waals surface area contributed by atoms with E-state index in [0.717, 1.165) is 11.1 Å². The van der Waals surface area contributed by atoms with Gasteiger partial charge in [-0.2, -0.15) is 5.26 Å². The number of aryl methyl sites for hydroxylation is 2. The minimum Gasteiger partial charge on any atom is -0.493 e. The lowest BCUT2D eigenvalue weighted by atomic mass is 10.1. The maximum absolute atomic E-state index is 12.3. The minimum atomic E-state index is -0.628. The molecule has 1 amide bonds. The Labute approximate surface area is 197 Å². The van der Waals surface area contributed by atoms with E-state index in [1.807, 2.05) is 19.9 Å². The molecule has 0 unspecified atom stereocenters. The molecule has 1 N–H and O–H groups in total. The van der Waals surface area contributed by atoms with Gasteiger partial charge in [-0.1, -0.05) is 17.7 Å². The van der Waals surface area contributed by atoms with Gasteiger partial charge in [-0.25, -0.2) is 4.79 Å². The quantitative estimate of drug-likeness (QED) is 0.185. The summed E-state index contributed by atoms with van der Waals surface area (Å²) in [5, 5.41) is 12.5. The van der Waals surface area contributed by atoms with Gasteiger partial charge >= 0.3 is 5.97 Å². The zero-order chi connectivity index (χ0) is 24.4. The van der Waals surface area contributed by atoms with Gasteiger partial charge < -0.3 is 24.3 Å². The van der Waals surface area contributed by atoms with Crippen LogP contribution in [0.5, 0.6) is 17.2 Å². The number of ether oxygens (including phenoxy) is 4. The van der Waals surface area contributed by atoms with E-state index in [-0.39, 0.29) is 30.2 Å². The number of halogens is 1. The largest absolute Gasteiger partial charge is 0.493 e. The second-order valence-corrected chi connectivity index (χ2v) is 7.34. The van der Waals surface area contributed by atoms with Crippen LogP contribution in [-0.4, -0.2) is 45.9 Å². The number of rotatable bonds is 10. The summed E-state index contributed by atoms with van der Waals surface area (Å²) in [7, 11) is 2.93. The van der Waals surface area contributed by atoms with Gasteiger partial charge in [-0.3, -0.25) is 4.79 Å². The Morgan fingerprint density at radius 3 is 2.42 bits per heavy atom. The third-order valence-corrected chi connectivity index (χ3v) is 5.04. The highest BCUT2D eigenvalue weighted by atomic mass is 35.5. The zero-order valence-corrected chi connectivity index (χ0v) is 19.6. The molecule has 174 valence electrons. The highest BCUT2D eigenvalue weighted by Gasteiger charge is 2.14. The van der Waals surface area contributed by atoms with Crippen molar-refractivity contribution in [1.82, 2.24) is 5.32 Å². The summed E-state index contributed by atoms with van der Waals surface area (Å²) in [4.78, 5) is 24.4. The molecule has 0 aliphatic heterocycles. The summed E-state index contributed by atoms with van der Waals surface area (Å²) >= 11 is 6.14. The van der Waals surface area contributed by atoms with Crippen molar-refractivity contribution in [3.63, 3.8) is 0 Å². The third-order valence-electron chi connectivity index (χ3n) is 4.45. The normalized spacial score (nSPS) is 10.8. The molecule has 9 heteroatoms. The number of carbonyl (C=O) groups is 2. The molecule has 0 radical (unpaired) electrons. The van der Waals surface area contributed by atoms with Crippen LogP contribution in [0.2, 0.25) is 5.02 Å². The number of carbonyl (C=O) groups excluding carboxylic acids is 2. The molecule has 8 nitrogen and oxygen atoms in total. The summed E-state index contributed by atoms with van der Waals surface area (Å²) < 4.78 is 21.0. The number of benzene rings is 2. The molecule has 0 heterocycles. The number of methoxy groups -OCH3 is 2. The molecular weight excluding hydrogens is 448 g/mol. The van der Waals surface area contributed by atoms with Crippen LogP contribution >= 0.6 is 11.6 Å². The van der Waals surface area contributed by atoms with Gasteiger partial charge in [-0.15, -0.1) is 0 Å². The number of esters is 1. The molecule has 0 aromatic heterocycles. The van der Waals surface area contributed by atoms with Crippen LogP contribution in [-0.2, 0) is 14.3 Å². The average Bonchev–Trinajstić information content (AvgIpc) is 2.80. The molecule has 0 atom stereocenters. The van der Waals surface area contributed by atoms with Crippen molar-refractivity contribution in [2.45, 2.75) is 13.8 Å². The van der Waals surface area contributed by atoms with Crippen LogP contribution in [0.15, 0.2) is 35.9 Å². The first-order valence-corrected chi connectivity index (χ1v) is 10.3. The van der Waals surface area contributed by atoms with Crippen molar-refractivity contribution in [2.75, 3.05) is 34.0 Å². The van der Waals surface area contributed by atoms with Crippen LogP contribution in [0.25, 0.3) is 6.08 Å². The monoisotopic (exact) mass is 472 g/mol. The van der Waals surface area contributed by atoms with Gasteiger partial charge in [0.15, 0.2) is 18.1 Å². The van der Waals surface area contributed by atoms with E-state index in [2.05, 4.69) is 5.32 Å². The van der Waals surface area contributed by atoms with Gasteiger partial charge in [0.1, 0.15) is 17.4 Å². The molecule has 0 bridgehead atoms. The van der Waals surface area contributed by atoms with E-state index in [4.69, 9.17) is 30.5 Å². The highest BCUT2D eigenvalue weighted by Crippen LogP contribution is 2.29. The van der Waals surface area contributed by atoms with Crippen molar-refractivity contribution >= 4 is 29.6 Å². The molecule has 2 aromatic carbocycles. The Morgan fingerprint density at radius 1 is 1.12 bits per heavy atom. The Bertz CT molecular complexity index is 1070. The van der Waals surface area contributed by atoms with Crippen molar-refractivity contribution in [3.8, 4) is 23.3 Å². The van der Waals surface area contributed by atoms with E-state index in [1.165, 1.54) is 26.4 Å². The number of nitriles is 1. The summed E-state index contributed by atoms with van der Waals surface area (Å²) in [6.07, 6.45) is 1.41. The van der Waals surface area contributed by atoms with E-state index in [9.17, 15) is 14.9 Å². The van der Waals surface area contributed by atoms with Crippen molar-refractivity contribution < 1.29 is 28.5 Å². The topological polar surface area (TPSA) is 107 Å². The number of hydrogen-bond acceptors (Lipinski definition) is 7. The average molecular weight is 473 g/mol. The molecule has 0 aliphatic carbocycles. The van der Waals surface area contributed by atoms with Gasteiger partial charge in [0.05, 0.1) is 13.7 Å². The van der Waals surface area contributed by atoms with Crippen LogP contribution in [0.4, 0.5) is 0 Å². The second-order valence-electron chi connectivity index (χ2n) is 6.96. The first-order valence-electron chi connectivity index (χ1n) is 9.96. The number of amides is 1. The highest BCUT2D eigenvalue weighted by molar-refractivity contribution is 6.32. The van der Waals surface area contributed by atoms with Crippen molar-refractivity contribution in [1.29, 1.82) is 5.26 Å². The Kier molecular flexibility index (Phi) is 9.73. The Morgan fingerprint density at radius 2 is 1.82 bits per heavy atom. The molecule has 2 rings (SSSR count). The van der Waals surface area contributed by atoms with E-state index < -0.39 is 11.9 Å². The molecule has 0 aliphatic rings. The van der Waals surface area contributed by atoms with Crippen LogP contribution in [0.1, 0.15) is 16.7 Å². The number of nitrogens with one attached hydrogen (secondary N) is 1. The fraction of sp³-hybridized carbons (Fsp3) is 0.292. The summed E-state index contributed by atoms with van der Waals surface area (Å²) in [5.41, 5.74) is 2.12.